The van der Waals surface area contributed by atoms with Gasteiger partial charge in [0.15, 0.2) is 11.5 Å². The van der Waals surface area contributed by atoms with Gasteiger partial charge < -0.3 is 18.4 Å². The smallest absolute Gasteiger partial charge is 0.349 e. The Morgan fingerprint density at radius 1 is 0.867 bits per heavy atom. The largest absolute Gasteiger partial charge is 0.493 e. The van der Waals surface area contributed by atoms with Gasteiger partial charge in [-0.15, -0.1) is 0 Å². The lowest BCUT2D eigenvalue weighted by atomic mass is 10.0. The number of nitrogens with zero attached hydrogens (tertiary/aromatic N) is 2. The van der Waals surface area contributed by atoms with Crippen molar-refractivity contribution in [2.24, 2.45) is 0 Å². The van der Waals surface area contributed by atoms with Crippen LogP contribution in [0.4, 0.5) is 0 Å². The Morgan fingerprint density at radius 3 is 2.53 bits per heavy atom. The Kier molecular flexibility index (Phi) is 4.21. The molecule has 0 saturated carbocycles. The van der Waals surface area contributed by atoms with Crippen molar-refractivity contribution in [3.63, 3.8) is 0 Å². The number of rotatable bonds is 4. The van der Waals surface area contributed by atoms with Crippen LogP contribution in [-0.4, -0.2) is 24.4 Å². The Hall–Kier alpha value is -4.13. The van der Waals surface area contributed by atoms with Gasteiger partial charge in [-0.2, -0.15) is 4.98 Å². The highest BCUT2D eigenvalue weighted by Crippen LogP contribution is 2.32. The lowest BCUT2D eigenvalue weighted by Crippen LogP contribution is -2.03. The van der Waals surface area contributed by atoms with E-state index in [-0.39, 0.29) is 11.5 Å². The monoisotopic (exact) mass is 400 g/mol. The summed E-state index contributed by atoms with van der Waals surface area (Å²) in [5.74, 6) is 1.54. The fourth-order valence-corrected chi connectivity index (χ4v) is 3.45. The Balaban J connectivity index is 1.63. The molecule has 3 aromatic carbocycles. The van der Waals surface area contributed by atoms with E-state index in [0.717, 1.165) is 16.2 Å². The summed E-state index contributed by atoms with van der Waals surface area (Å²) in [7, 11) is 3.11. The van der Waals surface area contributed by atoms with E-state index in [1.807, 2.05) is 30.3 Å². The van der Waals surface area contributed by atoms with Crippen molar-refractivity contribution in [2.75, 3.05) is 14.2 Å². The average Bonchev–Trinajstić information content (AvgIpc) is 3.28. The van der Waals surface area contributed by atoms with Crippen molar-refractivity contribution in [3.05, 3.63) is 71.1 Å². The van der Waals surface area contributed by atoms with E-state index in [1.165, 1.54) is 0 Å². The van der Waals surface area contributed by atoms with Crippen LogP contribution >= 0.6 is 0 Å². The van der Waals surface area contributed by atoms with Gasteiger partial charge in [0.05, 0.1) is 14.2 Å². The fraction of sp³-hybridized carbons (Fsp3) is 0.0870. The number of ether oxygens (including phenoxy) is 2. The summed E-state index contributed by atoms with van der Waals surface area (Å²) in [5.41, 5.74) is 0.832. The molecule has 0 fully saturated rings. The molecule has 2 aromatic heterocycles. The first-order valence-electron chi connectivity index (χ1n) is 9.20. The van der Waals surface area contributed by atoms with Crippen molar-refractivity contribution in [2.45, 2.75) is 0 Å². The molecule has 0 N–H and O–H groups in total. The highest BCUT2D eigenvalue weighted by molar-refractivity contribution is 6.06. The molecule has 30 heavy (non-hydrogen) atoms. The second-order valence-electron chi connectivity index (χ2n) is 6.64. The minimum absolute atomic E-state index is 0.0865. The van der Waals surface area contributed by atoms with Crippen molar-refractivity contribution in [3.8, 4) is 34.3 Å². The summed E-state index contributed by atoms with van der Waals surface area (Å²) in [6.07, 6.45) is 0. The van der Waals surface area contributed by atoms with E-state index in [4.69, 9.17) is 18.4 Å². The minimum atomic E-state index is -0.541. The van der Waals surface area contributed by atoms with E-state index in [1.54, 1.807) is 44.6 Å². The average molecular weight is 400 g/mol. The molecule has 0 aliphatic carbocycles. The van der Waals surface area contributed by atoms with Crippen LogP contribution in [0, 0.1) is 0 Å². The third-order valence-corrected chi connectivity index (χ3v) is 4.94. The number of benzene rings is 3. The second kappa shape index (κ2) is 7.04. The van der Waals surface area contributed by atoms with Crippen LogP contribution in [0.5, 0.6) is 11.5 Å². The van der Waals surface area contributed by atoms with Gasteiger partial charge in [-0.1, -0.05) is 35.5 Å². The van der Waals surface area contributed by atoms with Crippen LogP contribution in [0.1, 0.15) is 0 Å². The van der Waals surface area contributed by atoms with E-state index in [9.17, 15) is 4.79 Å². The molecule has 148 valence electrons. The maximum atomic E-state index is 12.6. The Bertz CT molecular complexity index is 1450. The molecule has 0 atom stereocenters. The molecule has 7 nitrogen and oxygen atoms in total. The van der Waals surface area contributed by atoms with Crippen LogP contribution in [0.3, 0.4) is 0 Å². The molecule has 0 aliphatic heterocycles. The van der Waals surface area contributed by atoms with Crippen LogP contribution in [0.2, 0.25) is 0 Å². The standard InChI is InChI=1S/C23H16N2O5/c1-27-19-10-8-14(11-20(19)28-2)21-24-22(30-25-21)17-12-16-15-6-4-3-5-13(15)7-9-18(16)29-23(17)26/h3-12H,1-2H3. The topological polar surface area (TPSA) is 87.6 Å². The van der Waals surface area contributed by atoms with Gasteiger partial charge in [0.1, 0.15) is 11.1 Å². The van der Waals surface area contributed by atoms with Gasteiger partial charge in [-0.05, 0) is 41.1 Å². The van der Waals surface area contributed by atoms with Crippen molar-refractivity contribution >= 4 is 21.7 Å². The molecular weight excluding hydrogens is 384 g/mol. The third-order valence-electron chi connectivity index (χ3n) is 4.94. The van der Waals surface area contributed by atoms with E-state index >= 15 is 0 Å². The first-order valence-corrected chi connectivity index (χ1v) is 9.20. The zero-order chi connectivity index (χ0) is 20.7. The molecule has 0 unspecified atom stereocenters. The quantitative estimate of drug-likeness (QED) is 0.320. The molecule has 0 radical (unpaired) electrons. The van der Waals surface area contributed by atoms with Gasteiger partial charge in [0.2, 0.25) is 5.82 Å². The molecule has 2 heterocycles. The molecule has 0 bridgehead atoms. The summed E-state index contributed by atoms with van der Waals surface area (Å²) >= 11 is 0. The third kappa shape index (κ3) is 2.88. The Labute approximate surface area is 170 Å². The molecule has 0 spiro atoms. The van der Waals surface area contributed by atoms with Gasteiger partial charge >= 0.3 is 5.63 Å². The fourth-order valence-electron chi connectivity index (χ4n) is 3.45. The predicted octanol–water partition coefficient (Wildman–Crippen LogP) is 4.68. The summed E-state index contributed by atoms with van der Waals surface area (Å²) in [4.78, 5) is 17.0. The van der Waals surface area contributed by atoms with Crippen molar-refractivity contribution in [1.82, 2.24) is 10.1 Å². The zero-order valence-electron chi connectivity index (χ0n) is 16.2. The first kappa shape index (κ1) is 17.9. The molecule has 7 heteroatoms. The normalized spacial score (nSPS) is 11.1. The number of fused-ring (bicyclic) bond motifs is 3. The number of methoxy groups -OCH3 is 2. The molecule has 0 amide bonds. The van der Waals surface area contributed by atoms with Gasteiger partial charge in [-0.3, -0.25) is 0 Å². The van der Waals surface area contributed by atoms with E-state index in [0.29, 0.717) is 28.5 Å². The predicted molar refractivity (Wildman–Crippen MR) is 112 cm³/mol. The van der Waals surface area contributed by atoms with E-state index in [2.05, 4.69) is 10.1 Å². The maximum absolute atomic E-state index is 12.6. The number of aromatic nitrogens is 2. The summed E-state index contributed by atoms with van der Waals surface area (Å²) < 4.78 is 21.5. The first-order chi connectivity index (χ1) is 14.7. The van der Waals surface area contributed by atoms with Crippen molar-refractivity contribution < 1.29 is 18.4 Å². The second-order valence-corrected chi connectivity index (χ2v) is 6.64. The lowest BCUT2D eigenvalue weighted by Gasteiger charge is -2.07. The number of hydrogen-bond acceptors (Lipinski definition) is 7. The van der Waals surface area contributed by atoms with Crippen molar-refractivity contribution in [1.29, 1.82) is 0 Å². The van der Waals surface area contributed by atoms with Crippen LogP contribution in [0.15, 0.2) is 74.4 Å². The molecular formula is C23H16N2O5. The summed E-state index contributed by atoms with van der Waals surface area (Å²) in [6.45, 7) is 0. The molecule has 0 saturated heterocycles. The highest BCUT2D eigenvalue weighted by Gasteiger charge is 2.18. The lowest BCUT2D eigenvalue weighted by molar-refractivity contribution is 0.355. The van der Waals surface area contributed by atoms with Crippen LogP contribution in [0.25, 0.3) is 44.6 Å². The number of hydrogen-bond donors (Lipinski definition) is 0. The van der Waals surface area contributed by atoms with Gasteiger partial charge in [0.25, 0.3) is 5.89 Å². The van der Waals surface area contributed by atoms with E-state index < -0.39 is 5.63 Å². The van der Waals surface area contributed by atoms with Gasteiger partial charge in [-0.25, -0.2) is 4.79 Å². The summed E-state index contributed by atoms with van der Waals surface area (Å²) in [5, 5.41) is 6.83. The minimum Gasteiger partial charge on any atom is -0.493 e. The SMILES string of the molecule is COc1ccc(-c2noc(-c3cc4c(ccc5ccccc54)oc3=O)n2)cc1OC. The zero-order valence-corrected chi connectivity index (χ0v) is 16.2. The van der Waals surface area contributed by atoms with Gasteiger partial charge in [0, 0.05) is 10.9 Å². The maximum Gasteiger partial charge on any atom is 0.349 e. The summed E-state index contributed by atoms with van der Waals surface area (Å²) in [6, 6.07) is 18.6. The highest BCUT2D eigenvalue weighted by atomic mass is 16.5. The van der Waals surface area contributed by atoms with Crippen LogP contribution < -0.4 is 15.1 Å². The molecule has 5 aromatic rings. The molecule has 5 rings (SSSR count). The Morgan fingerprint density at radius 2 is 1.70 bits per heavy atom. The molecule has 0 aliphatic rings. The van der Waals surface area contributed by atoms with Crippen LogP contribution in [-0.2, 0) is 0 Å².